The Morgan fingerprint density at radius 1 is 1.07 bits per heavy atom. The van der Waals surface area contributed by atoms with E-state index < -0.39 is 0 Å². The molecule has 6 nitrogen and oxygen atoms in total. The first-order valence-corrected chi connectivity index (χ1v) is 9.27. The van der Waals surface area contributed by atoms with Gasteiger partial charge in [-0.05, 0) is 48.7 Å². The summed E-state index contributed by atoms with van der Waals surface area (Å²) in [5.41, 5.74) is 3.06. The molecule has 6 heteroatoms. The zero-order valence-corrected chi connectivity index (χ0v) is 15.7. The van der Waals surface area contributed by atoms with Gasteiger partial charge in [0.2, 0.25) is 0 Å². The maximum absolute atomic E-state index is 11.7. The van der Waals surface area contributed by atoms with E-state index in [1.54, 1.807) is 22.8 Å². The highest BCUT2D eigenvalue weighted by Crippen LogP contribution is 2.52. The highest BCUT2D eigenvalue weighted by atomic mass is 16.1. The van der Waals surface area contributed by atoms with Crippen molar-refractivity contribution in [3.63, 3.8) is 0 Å². The summed E-state index contributed by atoms with van der Waals surface area (Å²) in [5.74, 6) is 0.733. The zero-order chi connectivity index (χ0) is 19.0. The molecule has 4 aromatic rings. The van der Waals surface area contributed by atoms with Gasteiger partial charge in [0.15, 0.2) is 17.3 Å². The van der Waals surface area contributed by atoms with E-state index in [0.717, 1.165) is 29.6 Å². The molecule has 5 rings (SSSR count). The minimum Gasteiger partial charge on any atom is -0.293 e. The topological polar surface area (TPSA) is 73.0 Å². The maximum atomic E-state index is 11.7. The van der Waals surface area contributed by atoms with Crippen LogP contribution < -0.4 is 0 Å². The maximum Gasteiger partial charge on any atom is 0.179 e. The van der Waals surface area contributed by atoms with Gasteiger partial charge in [-0.15, -0.1) is 10.2 Å². The molecule has 1 saturated carbocycles. The van der Waals surface area contributed by atoms with E-state index >= 15 is 0 Å². The molecule has 0 aliphatic heterocycles. The molecule has 0 atom stereocenters. The third-order valence-electron chi connectivity index (χ3n) is 4.96. The van der Waals surface area contributed by atoms with E-state index in [2.05, 4.69) is 38.5 Å². The monoisotopic (exact) mass is 359 g/mol. The van der Waals surface area contributed by atoms with Crippen LogP contribution in [0, 0.1) is 0 Å². The van der Waals surface area contributed by atoms with Crippen LogP contribution in [0.3, 0.4) is 0 Å². The van der Waals surface area contributed by atoms with Crippen LogP contribution >= 0.6 is 0 Å². The fraction of sp³-hybridized carbons (Fsp3) is 0.286. The van der Waals surface area contributed by atoms with Gasteiger partial charge in [-0.2, -0.15) is 9.61 Å². The Balaban J connectivity index is 0.000000872. The van der Waals surface area contributed by atoms with E-state index in [-0.39, 0.29) is 11.2 Å². The number of Topliss-reactive ketones (excluding diaryl/α,β-unsaturated/α-hetero) is 1. The molecule has 0 spiro atoms. The second-order valence-corrected chi connectivity index (χ2v) is 6.56. The molecule has 0 radical (unpaired) electrons. The van der Waals surface area contributed by atoms with Crippen molar-refractivity contribution in [2.75, 3.05) is 0 Å². The number of fused-ring (bicyclic) bond motifs is 2. The van der Waals surface area contributed by atoms with Crippen molar-refractivity contribution in [1.29, 1.82) is 0 Å². The number of carbonyl (C=O) groups is 1. The lowest BCUT2D eigenvalue weighted by Crippen LogP contribution is -2.16. The van der Waals surface area contributed by atoms with Crippen LogP contribution in [0.25, 0.3) is 16.6 Å². The molecular weight excluding hydrogens is 338 g/mol. The van der Waals surface area contributed by atoms with E-state index in [1.165, 1.54) is 12.5 Å². The molecule has 1 aromatic carbocycles. The van der Waals surface area contributed by atoms with E-state index in [1.807, 2.05) is 26.0 Å². The molecule has 0 saturated heterocycles. The van der Waals surface area contributed by atoms with Crippen LogP contribution in [0.15, 0.2) is 48.7 Å². The normalized spacial score (nSPS) is 14.6. The van der Waals surface area contributed by atoms with Crippen molar-refractivity contribution >= 4 is 22.3 Å². The lowest BCUT2D eigenvalue weighted by atomic mass is 9.94. The quantitative estimate of drug-likeness (QED) is 0.517. The summed E-state index contributed by atoms with van der Waals surface area (Å²) in [6.07, 6.45) is 3.78. The SMILES string of the molecule is CC.CC(=O)c1ccc2nnc(C3(c4ccc5ncccc5c4)CC3)n2n1. The summed E-state index contributed by atoms with van der Waals surface area (Å²) in [5, 5.41) is 14.2. The molecule has 1 fully saturated rings. The third-order valence-corrected chi connectivity index (χ3v) is 4.96. The van der Waals surface area contributed by atoms with Gasteiger partial charge in [0.1, 0.15) is 5.69 Å². The number of pyridine rings is 1. The molecule has 3 heterocycles. The van der Waals surface area contributed by atoms with Crippen LogP contribution in [-0.2, 0) is 5.41 Å². The predicted octanol–water partition coefficient (Wildman–Crippen LogP) is 3.98. The average molecular weight is 359 g/mol. The molecule has 3 aromatic heterocycles. The highest BCUT2D eigenvalue weighted by Gasteiger charge is 2.50. The number of aromatic nitrogens is 5. The largest absolute Gasteiger partial charge is 0.293 e. The standard InChI is InChI=1S/C19H15N5O.C2H6/c1-12(25)15-6-7-17-21-22-18(24(17)23-15)19(8-9-19)14-4-5-16-13(11-14)3-2-10-20-16;1-2/h2-7,10-11H,8-9H2,1H3;1-2H3. The number of nitrogens with zero attached hydrogens (tertiary/aromatic N) is 5. The number of benzene rings is 1. The van der Waals surface area contributed by atoms with Crippen LogP contribution in [0.1, 0.15) is 55.5 Å². The Bertz CT molecular complexity index is 1140. The van der Waals surface area contributed by atoms with Gasteiger partial charge in [-0.3, -0.25) is 9.78 Å². The van der Waals surface area contributed by atoms with Gasteiger partial charge in [-0.1, -0.05) is 26.0 Å². The molecule has 0 bridgehead atoms. The number of ketones is 1. The summed E-state index contributed by atoms with van der Waals surface area (Å²) in [4.78, 5) is 16.1. The molecular formula is C21H21N5O. The predicted molar refractivity (Wildman–Crippen MR) is 104 cm³/mol. The fourth-order valence-electron chi connectivity index (χ4n) is 3.41. The van der Waals surface area contributed by atoms with E-state index in [9.17, 15) is 4.79 Å². The van der Waals surface area contributed by atoms with Gasteiger partial charge >= 0.3 is 0 Å². The summed E-state index contributed by atoms with van der Waals surface area (Å²) >= 11 is 0. The average Bonchev–Trinajstić information content (AvgIpc) is 3.41. The lowest BCUT2D eigenvalue weighted by Gasteiger charge is -2.14. The van der Waals surface area contributed by atoms with Gasteiger partial charge in [0.05, 0.1) is 10.9 Å². The highest BCUT2D eigenvalue weighted by molar-refractivity contribution is 5.92. The molecule has 1 aliphatic rings. The molecule has 0 N–H and O–H groups in total. The molecule has 136 valence electrons. The van der Waals surface area contributed by atoms with Crippen molar-refractivity contribution in [1.82, 2.24) is 24.8 Å². The second kappa shape index (κ2) is 6.54. The summed E-state index contributed by atoms with van der Waals surface area (Å²) in [6.45, 7) is 5.52. The van der Waals surface area contributed by atoms with E-state index in [4.69, 9.17) is 0 Å². The number of rotatable bonds is 3. The van der Waals surface area contributed by atoms with E-state index in [0.29, 0.717) is 11.3 Å². The Morgan fingerprint density at radius 3 is 2.63 bits per heavy atom. The third kappa shape index (κ3) is 2.77. The van der Waals surface area contributed by atoms with Crippen molar-refractivity contribution < 1.29 is 4.79 Å². The van der Waals surface area contributed by atoms with Gasteiger partial charge in [-0.25, -0.2) is 0 Å². The summed E-state index contributed by atoms with van der Waals surface area (Å²) < 4.78 is 1.72. The van der Waals surface area contributed by atoms with Crippen LogP contribution in [0.5, 0.6) is 0 Å². The van der Waals surface area contributed by atoms with Crippen LogP contribution in [-0.4, -0.2) is 30.6 Å². The molecule has 27 heavy (non-hydrogen) atoms. The first-order valence-electron chi connectivity index (χ1n) is 9.27. The smallest absolute Gasteiger partial charge is 0.179 e. The number of hydrogen-bond donors (Lipinski definition) is 0. The minimum atomic E-state index is -0.189. The van der Waals surface area contributed by atoms with Crippen molar-refractivity contribution in [3.05, 3.63) is 65.7 Å². The van der Waals surface area contributed by atoms with Gasteiger partial charge < -0.3 is 0 Å². The number of hydrogen-bond acceptors (Lipinski definition) is 5. The van der Waals surface area contributed by atoms with Crippen molar-refractivity contribution in [2.45, 2.75) is 39.0 Å². The van der Waals surface area contributed by atoms with Crippen molar-refractivity contribution in [3.8, 4) is 0 Å². The lowest BCUT2D eigenvalue weighted by molar-refractivity contribution is 0.101. The number of carbonyl (C=O) groups excluding carboxylic acids is 1. The van der Waals surface area contributed by atoms with Gasteiger partial charge in [0.25, 0.3) is 0 Å². The van der Waals surface area contributed by atoms with Crippen LogP contribution in [0.4, 0.5) is 0 Å². The fourth-order valence-corrected chi connectivity index (χ4v) is 3.41. The Kier molecular flexibility index (Phi) is 4.18. The van der Waals surface area contributed by atoms with Gasteiger partial charge in [0, 0.05) is 18.5 Å². The Morgan fingerprint density at radius 2 is 1.89 bits per heavy atom. The first-order chi connectivity index (χ1) is 13.2. The van der Waals surface area contributed by atoms with Crippen molar-refractivity contribution in [2.24, 2.45) is 0 Å². The molecule has 1 aliphatic carbocycles. The Hall–Kier alpha value is -3.15. The molecule has 0 unspecified atom stereocenters. The zero-order valence-electron chi connectivity index (χ0n) is 15.7. The Labute approximate surface area is 157 Å². The summed E-state index contributed by atoms with van der Waals surface area (Å²) in [6, 6.07) is 13.8. The minimum absolute atomic E-state index is 0.0665. The second-order valence-electron chi connectivity index (χ2n) is 6.56. The first kappa shape index (κ1) is 17.3. The molecule has 0 amide bonds. The van der Waals surface area contributed by atoms with Crippen LogP contribution in [0.2, 0.25) is 0 Å². The summed E-state index contributed by atoms with van der Waals surface area (Å²) in [7, 11) is 0.